The molecular formula is C46H44N2. The van der Waals surface area contributed by atoms with Crippen molar-refractivity contribution >= 4 is 34.1 Å². The molecule has 6 aromatic carbocycles. The Labute approximate surface area is 287 Å². The van der Waals surface area contributed by atoms with Gasteiger partial charge in [0.2, 0.25) is 0 Å². The van der Waals surface area contributed by atoms with E-state index in [9.17, 15) is 0 Å². The minimum atomic E-state index is -0.00763. The molecule has 0 bridgehead atoms. The summed E-state index contributed by atoms with van der Waals surface area (Å²) in [7, 11) is 0. The Bertz CT molecular complexity index is 1700. The summed E-state index contributed by atoms with van der Waals surface area (Å²) in [5.41, 5.74) is 14.4. The molecule has 1 saturated carbocycles. The van der Waals surface area contributed by atoms with E-state index in [1.165, 1.54) is 64.1 Å². The molecule has 7 rings (SSSR count). The largest absolute Gasteiger partial charge is 0.311 e. The van der Waals surface area contributed by atoms with Gasteiger partial charge in [0.25, 0.3) is 0 Å². The zero-order valence-electron chi connectivity index (χ0n) is 28.6. The smallest absolute Gasteiger partial charge is 0.0973 e. The molecule has 0 aromatic heterocycles. The van der Waals surface area contributed by atoms with Gasteiger partial charge in [-0.05, 0) is 136 Å². The van der Waals surface area contributed by atoms with Crippen LogP contribution in [0.1, 0.15) is 65.5 Å². The van der Waals surface area contributed by atoms with Gasteiger partial charge in [-0.25, -0.2) is 0 Å². The van der Waals surface area contributed by atoms with Crippen LogP contribution in [0.3, 0.4) is 0 Å². The van der Waals surface area contributed by atoms with Crippen LogP contribution in [-0.4, -0.2) is 0 Å². The van der Waals surface area contributed by atoms with Crippen molar-refractivity contribution in [2.75, 3.05) is 9.80 Å². The molecule has 0 amide bonds. The van der Waals surface area contributed by atoms with Crippen LogP contribution in [0.4, 0.5) is 34.1 Å². The van der Waals surface area contributed by atoms with Crippen LogP contribution in [0.2, 0.25) is 0 Å². The summed E-state index contributed by atoms with van der Waals surface area (Å²) in [5.74, 6) is 0. The molecule has 0 spiro atoms. The Morgan fingerprint density at radius 3 is 1.15 bits per heavy atom. The molecular weight excluding hydrogens is 581 g/mol. The molecule has 48 heavy (non-hydrogen) atoms. The van der Waals surface area contributed by atoms with Gasteiger partial charge >= 0.3 is 0 Å². The minimum absolute atomic E-state index is 0.00763. The highest BCUT2D eigenvalue weighted by atomic mass is 15.1. The first-order valence-electron chi connectivity index (χ1n) is 17.3. The number of hydrogen-bond acceptors (Lipinski definition) is 2. The molecule has 0 aliphatic heterocycles. The summed E-state index contributed by atoms with van der Waals surface area (Å²) in [4.78, 5) is 4.65. The average molecular weight is 625 g/mol. The number of benzene rings is 5. The van der Waals surface area contributed by atoms with Gasteiger partial charge in [0, 0.05) is 33.9 Å². The van der Waals surface area contributed by atoms with Crippen LogP contribution in [0.15, 0.2) is 133 Å². The highest BCUT2D eigenvalue weighted by Crippen LogP contribution is 2.47. The fraction of sp³-hybridized carbons (Fsp3) is 0.217. The maximum absolute atomic E-state index is 3.40. The van der Waals surface area contributed by atoms with E-state index in [2.05, 4.69) is 183 Å². The van der Waals surface area contributed by atoms with E-state index in [-0.39, 0.29) is 5.41 Å². The lowest BCUT2D eigenvalue weighted by Gasteiger charge is -2.39. The second-order valence-corrected chi connectivity index (χ2v) is 13.6. The summed E-state index contributed by atoms with van der Waals surface area (Å²) in [6.45, 7) is 8.48. The molecule has 1 aliphatic carbocycles. The van der Waals surface area contributed by atoms with Gasteiger partial charge in [0.1, 0.15) is 0 Å². The van der Waals surface area contributed by atoms with Crippen molar-refractivity contribution in [3.63, 3.8) is 0 Å². The second kappa shape index (κ2) is 13.5. The molecule has 1 fully saturated rings. The summed E-state index contributed by atoms with van der Waals surface area (Å²) >= 11 is 0. The maximum atomic E-state index is 3.40. The van der Waals surface area contributed by atoms with Gasteiger partial charge in [-0.15, -0.1) is 0 Å². The first-order valence-corrected chi connectivity index (χ1v) is 17.3. The summed E-state index contributed by atoms with van der Waals surface area (Å²) in [6.07, 6.45) is 6.10. The van der Waals surface area contributed by atoms with Crippen molar-refractivity contribution in [3.8, 4) is 0 Å². The first kappa shape index (κ1) is 31.3. The predicted octanol–water partition coefficient (Wildman–Crippen LogP) is 12.7. The predicted molar refractivity (Wildman–Crippen MR) is 203 cm³/mol. The fourth-order valence-electron chi connectivity index (χ4n) is 7.29. The van der Waals surface area contributed by atoms with Crippen molar-refractivity contribution in [3.05, 3.63) is 179 Å². The fourth-order valence-corrected chi connectivity index (χ4v) is 7.29. The van der Waals surface area contributed by atoms with Crippen molar-refractivity contribution in [1.82, 2.24) is 0 Å². The van der Waals surface area contributed by atoms with E-state index < -0.39 is 0 Å². The molecule has 2 heteroatoms. The summed E-state index contributed by atoms with van der Waals surface area (Å²) in [5, 5.41) is 0. The lowest BCUT2D eigenvalue weighted by molar-refractivity contribution is 0.346. The SMILES string of the molecule is Cc1c#cc(N(c2ccc(C)cc2)c2ccc(C3(c4ccc(N(c5ccc(C)cc5)c5ccc(C)cc5)cc4)CCCCC3)cc2)cc1. The van der Waals surface area contributed by atoms with E-state index in [4.69, 9.17) is 0 Å². The molecule has 0 unspecified atom stereocenters. The third-order valence-corrected chi connectivity index (χ3v) is 10.1. The Hall–Kier alpha value is -5.26. The van der Waals surface area contributed by atoms with Crippen molar-refractivity contribution < 1.29 is 0 Å². The number of aryl methyl sites for hydroxylation is 4. The van der Waals surface area contributed by atoms with Crippen LogP contribution in [0, 0.1) is 39.8 Å². The van der Waals surface area contributed by atoms with Crippen LogP contribution < -0.4 is 9.80 Å². The minimum Gasteiger partial charge on any atom is -0.311 e. The lowest BCUT2D eigenvalue weighted by atomic mass is 9.65. The molecule has 0 radical (unpaired) electrons. The van der Waals surface area contributed by atoms with Gasteiger partial charge in [0.05, 0.1) is 5.69 Å². The van der Waals surface area contributed by atoms with E-state index >= 15 is 0 Å². The van der Waals surface area contributed by atoms with Gasteiger partial charge < -0.3 is 9.80 Å². The van der Waals surface area contributed by atoms with Crippen molar-refractivity contribution in [1.29, 1.82) is 0 Å². The standard InChI is InChI=1S/C46H44N2/c1-34-8-20-40(21-9-34)47(41-22-10-35(2)11-23-41)44-28-16-38(17-29-44)46(32-6-5-7-33-46)39-18-30-45(31-19-39)48(42-24-12-36(3)13-25-42)43-26-14-37(4)15-27-43/h8-14,16-26,28-31H,5-7,32-33H2,1-4H3. The molecule has 0 saturated heterocycles. The molecule has 2 nitrogen and oxygen atoms in total. The molecule has 238 valence electrons. The Kier molecular flexibility index (Phi) is 8.79. The number of hydrogen-bond donors (Lipinski definition) is 0. The van der Waals surface area contributed by atoms with Crippen LogP contribution in [0.5, 0.6) is 0 Å². The number of nitrogens with zero attached hydrogens (tertiary/aromatic N) is 2. The normalized spacial score (nSPS) is 13.8. The molecule has 1 aliphatic rings. The zero-order chi connectivity index (χ0) is 33.1. The third kappa shape index (κ3) is 6.34. The van der Waals surface area contributed by atoms with Crippen LogP contribution >= 0.6 is 0 Å². The topological polar surface area (TPSA) is 6.48 Å². The summed E-state index contributed by atoms with van der Waals surface area (Å²) in [6, 6.07) is 56.1. The Morgan fingerprint density at radius 2 is 0.771 bits per heavy atom. The average Bonchev–Trinajstić information content (AvgIpc) is 3.13. The van der Waals surface area contributed by atoms with Crippen LogP contribution in [0.25, 0.3) is 0 Å². The zero-order valence-corrected chi connectivity index (χ0v) is 28.6. The molecule has 0 atom stereocenters. The molecule has 0 N–H and O–H groups in total. The third-order valence-electron chi connectivity index (χ3n) is 10.1. The number of rotatable bonds is 8. The van der Waals surface area contributed by atoms with Crippen LogP contribution in [-0.2, 0) is 5.41 Å². The van der Waals surface area contributed by atoms with Crippen molar-refractivity contribution in [2.24, 2.45) is 0 Å². The van der Waals surface area contributed by atoms with E-state index in [1.54, 1.807) is 0 Å². The van der Waals surface area contributed by atoms with E-state index in [0.29, 0.717) is 0 Å². The Morgan fingerprint density at radius 1 is 0.396 bits per heavy atom. The highest BCUT2D eigenvalue weighted by Gasteiger charge is 2.36. The van der Waals surface area contributed by atoms with Gasteiger partial charge in [-0.2, -0.15) is 0 Å². The second-order valence-electron chi connectivity index (χ2n) is 13.6. The maximum Gasteiger partial charge on any atom is 0.0973 e. The Balaban J connectivity index is 1.25. The van der Waals surface area contributed by atoms with Gasteiger partial charge in [0.15, 0.2) is 0 Å². The van der Waals surface area contributed by atoms with Crippen molar-refractivity contribution in [2.45, 2.75) is 65.2 Å². The quantitative estimate of drug-likeness (QED) is 0.166. The lowest BCUT2D eigenvalue weighted by Crippen LogP contribution is -2.30. The van der Waals surface area contributed by atoms with Gasteiger partial charge in [-0.1, -0.05) is 103 Å². The molecule has 6 aromatic rings. The van der Waals surface area contributed by atoms with Gasteiger partial charge in [-0.3, -0.25) is 0 Å². The molecule has 0 heterocycles. The van der Waals surface area contributed by atoms with E-state index in [1.807, 2.05) is 0 Å². The highest BCUT2D eigenvalue weighted by molar-refractivity contribution is 5.78. The van der Waals surface area contributed by atoms with E-state index in [0.717, 1.165) is 35.5 Å². The monoisotopic (exact) mass is 624 g/mol. The number of anilines is 6. The first-order chi connectivity index (χ1) is 23.4. The summed E-state index contributed by atoms with van der Waals surface area (Å²) < 4.78 is 0.